The number of allylic oxidation sites excluding steroid dienone is 1. The van der Waals surface area contributed by atoms with E-state index in [-0.39, 0.29) is 0 Å². The second-order valence-corrected chi connectivity index (χ2v) is 10.9. The van der Waals surface area contributed by atoms with Crippen molar-refractivity contribution in [3.63, 3.8) is 0 Å². The van der Waals surface area contributed by atoms with E-state index in [4.69, 9.17) is 0 Å². The zero-order valence-electron chi connectivity index (χ0n) is 23.5. The van der Waals surface area contributed by atoms with Crippen LogP contribution < -0.4 is 4.90 Å². The molecule has 0 amide bonds. The van der Waals surface area contributed by atoms with Gasteiger partial charge in [-0.05, 0) is 107 Å². The zero-order valence-corrected chi connectivity index (χ0v) is 23.5. The van der Waals surface area contributed by atoms with E-state index in [0.29, 0.717) is 0 Å². The van der Waals surface area contributed by atoms with Gasteiger partial charge in [0.05, 0.1) is 5.69 Å². The standard InChI is InChI=1S/C39H32N2/c1-27-16-19-33(25-37(27)38-26-40-23-22-28(38)2)41(32-20-17-30(18-21-32)29-10-4-3-5-11-29)39-24-31-12-6-7-13-34(31)35-14-8-9-15-36(35)39/h3-5,7-11,13-26H,6,12H2,1-2H3. The van der Waals surface area contributed by atoms with E-state index in [9.17, 15) is 0 Å². The first-order chi connectivity index (χ1) is 20.2. The van der Waals surface area contributed by atoms with Crippen LogP contribution in [0.5, 0.6) is 0 Å². The molecule has 0 fully saturated rings. The fourth-order valence-corrected chi connectivity index (χ4v) is 6.11. The van der Waals surface area contributed by atoms with Gasteiger partial charge in [0.15, 0.2) is 0 Å². The van der Waals surface area contributed by atoms with Crippen LogP contribution in [-0.2, 0) is 6.42 Å². The molecule has 0 saturated heterocycles. The second kappa shape index (κ2) is 10.6. The van der Waals surface area contributed by atoms with Gasteiger partial charge in [0, 0.05) is 34.7 Å². The molecule has 0 saturated carbocycles. The highest BCUT2D eigenvalue weighted by Gasteiger charge is 2.21. The van der Waals surface area contributed by atoms with Crippen LogP contribution in [0.25, 0.3) is 39.1 Å². The van der Waals surface area contributed by atoms with E-state index < -0.39 is 0 Å². The molecule has 2 heteroatoms. The summed E-state index contributed by atoms with van der Waals surface area (Å²) in [6.07, 6.45) is 10.6. The number of fused-ring (bicyclic) bond motifs is 3. The van der Waals surface area contributed by atoms with Gasteiger partial charge < -0.3 is 4.90 Å². The Morgan fingerprint density at radius 1 is 0.634 bits per heavy atom. The largest absolute Gasteiger partial charge is 0.310 e. The van der Waals surface area contributed by atoms with Gasteiger partial charge >= 0.3 is 0 Å². The average Bonchev–Trinajstić information content (AvgIpc) is 3.03. The quantitative estimate of drug-likeness (QED) is 0.221. The van der Waals surface area contributed by atoms with Crippen LogP contribution in [0.15, 0.2) is 128 Å². The van der Waals surface area contributed by atoms with Crippen LogP contribution in [0.3, 0.4) is 0 Å². The van der Waals surface area contributed by atoms with Crippen LogP contribution in [0.1, 0.15) is 28.7 Å². The molecule has 0 unspecified atom stereocenters. The lowest BCUT2D eigenvalue weighted by atomic mass is 9.90. The summed E-state index contributed by atoms with van der Waals surface area (Å²) in [4.78, 5) is 6.90. The van der Waals surface area contributed by atoms with Gasteiger partial charge in [-0.1, -0.05) is 84.9 Å². The normalized spacial score (nSPS) is 12.3. The molecule has 41 heavy (non-hydrogen) atoms. The number of hydrogen-bond donors (Lipinski definition) is 0. The van der Waals surface area contributed by atoms with E-state index in [1.807, 2.05) is 12.4 Å². The number of aromatic nitrogens is 1. The fourth-order valence-electron chi connectivity index (χ4n) is 6.11. The van der Waals surface area contributed by atoms with Crippen molar-refractivity contribution in [2.24, 2.45) is 0 Å². The summed E-state index contributed by atoms with van der Waals surface area (Å²) < 4.78 is 0. The molecule has 0 aliphatic heterocycles. The van der Waals surface area contributed by atoms with E-state index in [2.05, 4.69) is 145 Å². The molecule has 0 spiro atoms. The number of hydrogen-bond acceptors (Lipinski definition) is 2. The monoisotopic (exact) mass is 528 g/mol. The molecule has 0 N–H and O–H groups in total. The Morgan fingerprint density at radius 2 is 1.34 bits per heavy atom. The summed E-state index contributed by atoms with van der Waals surface area (Å²) in [5.41, 5.74) is 13.5. The van der Waals surface area contributed by atoms with Gasteiger partial charge in [0.2, 0.25) is 0 Å². The van der Waals surface area contributed by atoms with Crippen LogP contribution >= 0.6 is 0 Å². The Kier molecular flexibility index (Phi) is 6.45. The highest BCUT2D eigenvalue weighted by Crippen LogP contribution is 2.44. The summed E-state index contributed by atoms with van der Waals surface area (Å²) in [7, 11) is 0. The molecule has 6 aromatic rings. The van der Waals surface area contributed by atoms with E-state index in [1.165, 1.54) is 61.0 Å². The van der Waals surface area contributed by atoms with Crippen molar-refractivity contribution in [3.05, 3.63) is 150 Å². The Balaban J connectivity index is 1.46. The molecule has 0 radical (unpaired) electrons. The highest BCUT2D eigenvalue weighted by atomic mass is 15.1. The first-order valence-electron chi connectivity index (χ1n) is 14.4. The molecule has 198 valence electrons. The van der Waals surface area contributed by atoms with Crippen molar-refractivity contribution >= 4 is 33.9 Å². The van der Waals surface area contributed by atoms with E-state index >= 15 is 0 Å². The first-order valence-corrected chi connectivity index (χ1v) is 14.4. The molecule has 1 aliphatic carbocycles. The third-order valence-corrected chi connectivity index (χ3v) is 8.30. The van der Waals surface area contributed by atoms with E-state index in [1.54, 1.807) is 0 Å². The summed E-state index contributed by atoms with van der Waals surface area (Å²) in [5.74, 6) is 0. The molecular formula is C39H32N2. The smallest absolute Gasteiger partial charge is 0.0543 e. The molecule has 2 nitrogen and oxygen atoms in total. The summed E-state index contributed by atoms with van der Waals surface area (Å²) in [5, 5.41) is 2.56. The van der Waals surface area contributed by atoms with Crippen molar-refractivity contribution in [1.29, 1.82) is 0 Å². The van der Waals surface area contributed by atoms with Crippen molar-refractivity contribution < 1.29 is 0 Å². The molecule has 0 atom stereocenters. The highest BCUT2D eigenvalue weighted by molar-refractivity contribution is 6.04. The van der Waals surface area contributed by atoms with Crippen LogP contribution in [0, 0.1) is 13.8 Å². The van der Waals surface area contributed by atoms with Gasteiger partial charge in [0.1, 0.15) is 0 Å². The molecule has 0 bridgehead atoms. The molecule has 1 aromatic heterocycles. The van der Waals surface area contributed by atoms with Gasteiger partial charge in [-0.2, -0.15) is 0 Å². The summed E-state index contributed by atoms with van der Waals surface area (Å²) in [6.45, 7) is 4.35. The summed E-state index contributed by atoms with van der Waals surface area (Å²) >= 11 is 0. The zero-order chi connectivity index (χ0) is 27.8. The second-order valence-electron chi connectivity index (χ2n) is 10.9. The summed E-state index contributed by atoms with van der Waals surface area (Å²) in [6, 6.07) is 39.7. The minimum atomic E-state index is 1.05. The number of nitrogens with zero attached hydrogens (tertiary/aromatic N) is 2. The van der Waals surface area contributed by atoms with Gasteiger partial charge in [-0.3, -0.25) is 4.98 Å². The van der Waals surface area contributed by atoms with Crippen LogP contribution in [-0.4, -0.2) is 4.98 Å². The average molecular weight is 529 g/mol. The van der Waals surface area contributed by atoms with Crippen molar-refractivity contribution in [2.75, 3.05) is 4.90 Å². The maximum absolute atomic E-state index is 4.46. The topological polar surface area (TPSA) is 16.1 Å². The minimum Gasteiger partial charge on any atom is -0.310 e. The SMILES string of the molecule is Cc1ccncc1-c1cc(N(c2ccc(-c3ccccc3)cc2)c2cc3c(c4ccccc24)C=CCC3)ccc1C. The molecule has 1 heterocycles. The van der Waals surface area contributed by atoms with Gasteiger partial charge in [-0.25, -0.2) is 0 Å². The fraction of sp³-hybridized carbons (Fsp3) is 0.103. The van der Waals surface area contributed by atoms with Crippen LogP contribution in [0.2, 0.25) is 0 Å². The lowest BCUT2D eigenvalue weighted by Gasteiger charge is -2.29. The number of aryl methyl sites for hydroxylation is 3. The number of pyridine rings is 1. The van der Waals surface area contributed by atoms with Crippen molar-refractivity contribution in [2.45, 2.75) is 26.7 Å². The van der Waals surface area contributed by atoms with Crippen molar-refractivity contribution in [3.8, 4) is 22.3 Å². The maximum atomic E-state index is 4.46. The lowest BCUT2D eigenvalue weighted by molar-refractivity contribution is 0.989. The Hall–Kier alpha value is -4.95. The van der Waals surface area contributed by atoms with Crippen molar-refractivity contribution in [1.82, 2.24) is 4.98 Å². The maximum Gasteiger partial charge on any atom is 0.0543 e. The Labute approximate surface area is 242 Å². The lowest BCUT2D eigenvalue weighted by Crippen LogP contribution is -2.12. The third kappa shape index (κ3) is 4.62. The minimum absolute atomic E-state index is 1.05. The molecule has 7 rings (SSSR count). The third-order valence-electron chi connectivity index (χ3n) is 8.30. The predicted molar refractivity (Wildman–Crippen MR) is 174 cm³/mol. The Bertz CT molecular complexity index is 1900. The van der Waals surface area contributed by atoms with Gasteiger partial charge in [-0.15, -0.1) is 0 Å². The molecule has 5 aromatic carbocycles. The first kappa shape index (κ1) is 25.0. The Morgan fingerprint density at radius 3 is 2.15 bits per heavy atom. The predicted octanol–water partition coefficient (Wildman–Crippen LogP) is 10.6. The number of rotatable bonds is 5. The molecular weight excluding hydrogens is 496 g/mol. The van der Waals surface area contributed by atoms with Gasteiger partial charge in [0.25, 0.3) is 0 Å². The molecule has 1 aliphatic rings. The van der Waals surface area contributed by atoms with E-state index in [0.717, 1.165) is 24.2 Å². The number of anilines is 3. The number of benzene rings is 5. The van der Waals surface area contributed by atoms with Crippen LogP contribution in [0.4, 0.5) is 17.1 Å².